The number of rotatable bonds is 6. The van der Waals surface area contributed by atoms with Gasteiger partial charge in [0, 0.05) is 22.7 Å². The number of aryl methyl sites for hydroxylation is 1. The van der Waals surface area contributed by atoms with Crippen LogP contribution in [0.25, 0.3) is 5.82 Å². The van der Waals surface area contributed by atoms with Crippen molar-refractivity contribution in [1.82, 2.24) is 30.5 Å². The van der Waals surface area contributed by atoms with Crippen LogP contribution in [-0.2, 0) is 12.0 Å². The summed E-state index contributed by atoms with van der Waals surface area (Å²) in [6.45, 7) is 3.44. The highest BCUT2D eigenvalue weighted by molar-refractivity contribution is 6.30. The third-order valence-electron chi connectivity index (χ3n) is 4.68. The maximum Gasteiger partial charge on any atom is 0.172 e. The van der Waals surface area contributed by atoms with E-state index in [0.29, 0.717) is 6.54 Å². The highest BCUT2D eigenvalue weighted by Crippen LogP contribution is 2.47. The zero-order valence-corrected chi connectivity index (χ0v) is 14.7. The third kappa shape index (κ3) is 3.41. The van der Waals surface area contributed by atoms with Gasteiger partial charge in [-0.2, -0.15) is 4.68 Å². The molecule has 2 heterocycles. The number of benzene rings is 1. The summed E-state index contributed by atoms with van der Waals surface area (Å²) in [7, 11) is 0. The standard InChI is InChI=1S/C18H19ClN6/c1-13-3-2-4-16(21-13)25-17(22-23-24-25)11-20-12-18(9-10-18)14-5-7-15(19)8-6-14/h2-8,20H,9-12H2,1H3. The summed E-state index contributed by atoms with van der Waals surface area (Å²) in [6, 6.07) is 14.0. The average Bonchev–Trinajstić information content (AvgIpc) is 3.25. The van der Waals surface area contributed by atoms with Gasteiger partial charge in [0.1, 0.15) is 0 Å². The van der Waals surface area contributed by atoms with Crippen molar-refractivity contribution in [1.29, 1.82) is 0 Å². The molecule has 0 unspecified atom stereocenters. The number of hydrogen-bond donors (Lipinski definition) is 1. The van der Waals surface area contributed by atoms with Crippen LogP contribution in [0.5, 0.6) is 0 Å². The summed E-state index contributed by atoms with van der Waals surface area (Å²) in [5, 5.41) is 16.3. The molecule has 25 heavy (non-hydrogen) atoms. The molecule has 0 amide bonds. The Morgan fingerprint density at radius 2 is 1.96 bits per heavy atom. The van der Waals surface area contributed by atoms with E-state index in [2.05, 4.69) is 38.0 Å². The van der Waals surface area contributed by atoms with Gasteiger partial charge < -0.3 is 5.32 Å². The molecule has 1 aliphatic carbocycles. The molecule has 7 heteroatoms. The first-order valence-corrected chi connectivity index (χ1v) is 8.72. The van der Waals surface area contributed by atoms with Crippen LogP contribution < -0.4 is 5.32 Å². The van der Waals surface area contributed by atoms with Crippen LogP contribution in [0.4, 0.5) is 0 Å². The first-order chi connectivity index (χ1) is 12.2. The predicted octanol–water partition coefficient (Wildman–Crippen LogP) is 2.84. The number of halogens is 1. The molecule has 0 spiro atoms. The third-order valence-corrected chi connectivity index (χ3v) is 4.93. The molecule has 1 fully saturated rings. The van der Waals surface area contributed by atoms with Gasteiger partial charge in [-0.15, -0.1) is 5.10 Å². The van der Waals surface area contributed by atoms with Crippen LogP contribution in [0.3, 0.4) is 0 Å². The van der Waals surface area contributed by atoms with Crippen LogP contribution in [0.15, 0.2) is 42.5 Å². The summed E-state index contributed by atoms with van der Waals surface area (Å²) < 4.78 is 1.68. The summed E-state index contributed by atoms with van der Waals surface area (Å²) >= 11 is 5.99. The molecule has 0 bridgehead atoms. The van der Waals surface area contributed by atoms with E-state index < -0.39 is 0 Å². The fourth-order valence-corrected chi connectivity index (χ4v) is 3.20. The zero-order chi connectivity index (χ0) is 17.3. The summed E-state index contributed by atoms with van der Waals surface area (Å²) in [5.41, 5.74) is 2.49. The molecule has 128 valence electrons. The highest BCUT2D eigenvalue weighted by Gasteiger charge is 2.43. The molecule has 0 aliphatic heterocycles. The Balaban J connectivity index is 1.43. The van der Waals surface area contributed by atoms with Gasteiger partial charge in [0.25, 0.3) is 0 Å². The molecular weight excluding hydrogens is 336 g/mol. The lowest BCUT2D eigenvalue weighted by Gasteiger charge is -2.16. The Bertz CT molecular complexity index is 869. The van der Waals surface area contributed by atoms with Gasteiger partial charge in [-0.25, -0.2) is 4.98 Å². The maximum atomic E-state index is 5.99. The van der Waals surface area contributed by atoms with E-state index in [1.165, 1.54) is 18.4 Å². The SMILES string of the molecule is Cc1cccc(-n2nnnc2CNCC2(c3ccc(Cl)cc3)CC2)n1. The van der Waals surface area contributed by atoms with Crippen LogP contribution in [0, 0.1) is 6.92 Å². The maximum absolute atomic E-state index is 5.99. The molecule has 3 aromatic rings. The summed E-state index contributed by atoms with van der Waals surface area (Å²) in [6.07, 6.45) is 2.37. The van der Waals surface area contributed by atoms with Crippen molar-refractivity contribution in [2.24, 2.45) is 0 Å². The predicted molar refractivity (Wildman–Crippen MR) is 95.8 cm³/mol. The minimum absolute atomic E-state index is 0.213. The fraction of sp³-hybridized carbons (Fsp3) is 0.333. The van der Waals surface area contributed by atoms with Gasteiger partial charge in [0.15, 0.2) is 11.6 Å². The second kappa shape index (κ2) is 6.54. The van der Waals surface area contributed by atoms with Crippen molar-refractivity contribution in [3.05, 3.63) is 64.6 Å². The van der Waals surface area contributed by atoms with Crippen molar-refractivity contribution >= 4 is 11.6 Å². The molecule has 0 atom stereocenters. The molecule has 6 nitrogen and oxygen atoms in total. The molecule has 1 N–H and O–H groups in total. The smallest absolute Gasteiger partial charge is 0.172 e. The molecule has 0 saturated heterocycles. The average molecular weight is 355 g/mol. The lowest BCUT2D eigenvalue weighted by molar-refractivity contribution is 0.555. The second-order valence-electron chi connectivity index (χ2n) is 6.53. The quantitative estimate of drug-likeness (QED) is 0.737. The van der Waals surface area contributed by atoms with E-state index in [9.17, 15) is 0 Å². The number of nitrogens with zero attached hydrogens (tertiary/aromatic N) is 5. The molecule has 2 aromatic heterocycles. The van der Waals surface area contributed by atoms with Gasteiger partial charge in [0.05, 0.1) is 6.54 Å². The van der Waals surface area contributed by atoms with Gasteiger partial charge in [-0.05, 0) is 60.0 Å². The minimum atomic E-state index is 0.213. The minimum Gasteiger partial charge on any atom is -0.309 e. The highest BCUT2D eigenvalue weighted by atomic mass is 35.5. The zero-order valence-electron chi connectivity index (χ0n) is 14.0. The van der Waals surface area contributed by atoms with Gasteiger partial charge in [-0.3, -0.25) is 0 Å². The van der Waals surface area contributed by atoms with Crippen LogP contribution in [-0.4, -0.2) is 31.7 Å². The van der Waals surface area contributed by atoms with Crippen molar-refractivity contribution in [2.75, 3.05) is 6.54 Å². The van der Waals surface area contributed by atoms with Crippen molar-refractivity contribution in [2.45, 2.75) is 31.7 Å². The second-order valence-corrected chi connectivity index (χ2v) is 6.97. The molecule has 1 aliphatic rings. The lowest BCUT2D eigenvalue weighted by Crippen LogP contribution is -2.27. The van der Waals surface area contributed by atoms with Crippen LogP contribution in [0.1, 0.15) is 29.9 Å². The van der Waals surface area contributed by atoms with E-state index in [0.717, 1.165) is 28.9 Å². The Morgan fingerprint density at radius 3 is 2.68 bits per heavy atom. The first-order valence-electron chi connectivity index (χ1n) is 8.34. The van der Waals surface area contributed by atoms with E-state index >= 15 is 0 Å². The van der Waals surface area contributed by atoms with Crippen molar-refractivity contribution < 1.29 is 0 Å². The van der Waals surface area contributed by atoms with Crippen molar-refractivity contribution in [3.63, 3.8) is 0 Å². The first kappa shape index (κ1) is 16.2. The summed E-state index contributed by atoms with van der Waals surface area (Å²) in [4.78, 5) is 4.48. The number of tetrazole rings is 1. The molecule has 0 radical (unpaired) electrons. The van der Waals surface area contributed by atoms with Gasteiger partial charge in [0.2, 0.25) is 0 Å². The van der Waals surface area contributed by atoms with Crippen LogP contribution in [0.2, 0.25) is 5.02 Å². The number of pyridine rings is 1. The monoisotopic (exact) mass is 354 g/mol. The van der Waals surface area contributed by atoms with E-state index in [1.54, 1.807) is 4.68 Å². The summed E-state index contributed by atoms with van der Waals surface area (Å²) in [5.74, 6) is 1.49. The number of aromatic nitrogens is 5. The van der Waals surface area contributed by atoms with Gasteiger partial charge in [-0.1, -0.05) is 29.8 Å². The fourth-order valence-electron chi connectivity index (χ4n) is 3.08. The Hall–Kier alpha value is -2.31. The normalized spacial score (nSPS) is 15.3. The number of nitrogens with one attached hydrogen (secondary N) is 1. The Morgan fingerprint density at radius 1 is 1.16 bits per heavy atom. The lowest BCUT2D eigenvalue weighted by atomic mass is 9.96. The number of hydrogen-bond acceptors (Lipinski definition) is 5. The molecule has 1 aromatic carbocycles. The molecule has 1 saturated carbocycles. The molecular formula is C18H19ClN6. The largest absolute Gasteiger partial charge is 0.309 e. The Labute approximate surface area is 151 Å². The van der Waals surface area contributed by atoms with Crippen molar-refractivity contribution in [3.8, 4) is 5.82 Å². The van der Waals surface area contributed by atoms with E-state index in [1.807, 2.05) is 37.3 Å². The van der Waals surface area contributed by atoms with Gasteiger partial charge >= 0.3 is 0 Å². The van der Waals surface area contributed by atoms with E-state index in [-0.39, 0.29) is 5.41 Å². The van der Waals surface area contributed by atoms with E-state index in [4.69, 9.17) is 11.6 Å². The Kier molecular flexibility index (Phi) is 4.23. The van der Waals surface area contributed by atoms with Crippen LogP contribution >= 0.6 is 11.6 Å². The molecule has 4 rings (SSSR count). The topological polar surface area (TPSA) is 68.5 Å².